The lowest BCUT2D eigenvalue weighted by molar-refractivity contribution is -0.117. The van der Waals surface area contributed by atoms with E-state index in [1.807, 2.05) is 50.2 Å². The second-order valence-electron chi connectivity index (χ2n) is 7.39. The van der Waals surface area contributed by atoms with Gasteiger partial charge < -0.3 is 10.2 Å². The van der Waals surface area contributed by atoms with E-state index in [2.05, 4.69) is 15.3 Å². The molecule has 0 atom stereocenters. The Kier molecular flexibility index (Phi) is 4.86. The van der Waals surface area contributed by atoms with Crippen LogP contribution in [0.1, 0.15) is 24.0 Å². The lowest BCUT2D eigenvalue weighted by Gasteiger charge is -2.20. The van der Waals surface area contributed by atoms with Crippen LogP contribution in [0, 0.1) is 13.8 Å². The van der Waals surface area contributed by atoms with E-state index in [1.165, 1.54) is 4.68 Å². The van der Waals surface area contributed by atoms with Crippen LogP contribution in [0.5, 0.6) is 0 Å². The van der Waals surface area contributed by atoms with Gasteiger partial charge in [-0.15, -0.1) is 0 Å². The number of nitrogens with zero attached hydrogens (tertiary/aromatic N) is 3. The molecule has 28 heavy (non-hydrogen) atoms. The van der Waals surface area contributed by atoms with Crippen molar-refractivity contribution in [2.75, 3.05) is 23.3 Å². The van der Waals surface area contributed by atoms with Gasteiger partial charge in [0.25, 0.3) is 5.56 Å². The van der Waals surface area contributed by atoms with E-state index >= 15 is 0 Å². The second kappa shape index (κ2) is 7.46. The maximum atomic E-state index is 12.9. The monoisotopic (exact) mass is 376 g/mol. The molecule has 0 spiro atoms. The van der Waals surface area contributed by atoms with Gasteiger partial charge in [0.15, 0.2) is 5.82 Å². The van der Waals surface area contributed by atoms with Crippen molar-refractivity contribution in [3.05, 3.63) is 63.9 Å². The molecule has 0 bridgehead atoms. The molecule has 6 heteroatoms. The molecule has 1 N–H and O–H groups in total. The summed E-state index contributed by atoms with van der Waals surface area (Å²) in [5.74, 6) is 0.524. The Labute approximate surface area is 163 Å². The van der Waals surface area contributed by atoms with Crippen molar-refractivity contribution < 1.29 is 4.79 Å². The summed E-state index contributed by atoms with van der Waals surface area (Å²) in [6.45, 7) is 5.69. The standard InChI is InChI=1S/C22H24N4O2/c1-15-9-10-19(16(2)13-15)23-20(27)14-26-22(28)18-8-4-3-7-17(18)21(24-26)25-11-5-6-12-25/h3-4,7-10,13H,5-6,11-12,14H2,1-2H3,(H,23,27). The Hall–Kier alpha value is -3.15. The highest BCUT2D eigenvalue weighted by Crippen LogP contribution is 2.25. The smallest absolute Gasteiger partial charge is 0.275 e. The molecule has 1 aliphatic rings. The molecule has 2 heterocycles. The van der Waals surface area contributed by atoms with Crippen molar-refractivity contribution >= 4 is 28.2 Å². The number of aromatic nitrogens is 2. The Morgan fingerprint density at radius 2 is 1.79 bits per heavy atom. The summed E-state index contributed by atoms with van der Waals surface area (Å²) in [7, 11) is 0. The van der Waals surface area contributed by atoms with Gasteiger partial charge >= 0.3 is 0 Å². The van der Waals surface area contributed by atoms with Crippen molar-refractivity contribution in [2.45, 2.75) is 33.2 Å². The number of amides is 1. The van der Waals surface area contributed by atoms with Gasteiger partial charge in [0, 0.05) is 24.2 Å². The summed E-state index contributed by atoms with van der Waals surface area (Å²) in [5, 5.41) is 8.91. The molecular formula is C22H24N4O2. The molecule has 0 unspecified atom stereocenters. The van der Waals surface area contributed by atoms with Gasteiger partial charge in [-0.2, -0.15) is 5.10 Å². The number of nitrogens with one attached hydrogen (secondary N) is 1. The molecule has 3 aromatic rings. The van der Waals surface area contributed by atoms with Gasteiger partial charge in [-0.3, -0.25) is 9.59 Å². The molecule has 0 radical (unpaired) electrons. The van der Waals surface area contributed by atoms with Crippen LogP contribution in [0.15, 0.2) is 47.3 Å². The maximum Gasteiger partial charge on any atom is 0.275 e. The van der Waals surface area contributed by atoms with Gasteiger partial charge in [-0.05, 0) is 44.4 Å². The van der Waals surface area contributed by atoms with Gasteiger partial charge in [0.2, 0.25) is 5.91 Å². The minimum Gasteiger partial charge on any atom is -0.355 e. The highest BCUT2D eigenvalue weighted by Gasteiger charge is 2.20. The average molecular weight is 376 g/mol. The molecular weight excluding hydrogens is 352 g/mol. The number of hydrogen-bond donors (Lipinski definition) is 1. The van der Waals surface area contributed by atoms with Crippen molar-refractivity contribution in [3.8, 4) is 0 Å². The molecule has 0 aliphatic carbocycles. The predicted molar refractivity (Wildman–Crippen MR) is 112 cm³/mol. The van der Waals surface area contributed by atoms with E-state index in [0.29, 0.717) is 5.39 Å². The molecule has 1 saturated heterocycles. The predicted octanol–water partition coefficient (Wildman–Crippen LogP) is 3.25. The van der Waals surface area contributed by atoms with E-state index in [1.54, 1.807) is 6.07 Å². The summed E-state index contributed by atoms with van der Waals surface area (Å²) in [6, 6.07) is 13.3. The summed E-state index contributed by atoms with van der Waals surface area (Å²) >= 11 is 0. The highest BCUT2D eigenvalue weighted by molar-refractivity contribution is 5.93. The van der Waals surface area contributed by atoms with E-state index in [9.17, 15) is 9.59 Å². The lowest BCUT2D eigenvalue weighted by atomic mass is 10.1. The zero-order valence-electron chi connectivity index (χ0n) is 16.2. The third kappa shape index (κ3) is 3.50. The largest absolute Gasteiger partial charge is 0.355 e. The Morgan fingerprint density at radius 3 is 2.50 bits per heavy atom. The molecule has 1 fully saturated rings. The third-order valence-electron chi connectivity index (χ3n) is 5.20. The first-order valence-electron chi connectivity index (χ1n) is 9.65. The van der Waals surface area contributed by atoms with Crippen molar-refractivity contribution in [1.29, 1.82) is 0 Å². The van der Waals surface area contributed by atoms with Gasteiger partial charge in [0.1, 0.15) is 6.54 Å². The second-order valence-corrected chi connectivity index (χ2v) is 7.39. The SMILES string of the molecule is Cc1ccc(NC(=O)Cn2nc(N3CCCC3)c3ccccc3c2=O)c(C)c1. The van der Waals surface area contributed by atoms with E-state index < -0.39 is 0 Å². The fourth-order valence-corrected chi connectivity index (χ4v) is 3.77. The minimum atomic E-state index is -0.260. The number of rotatable bonds is 4. The summed E-state index contributed by atoms with van der Waals surface area (Å²) in [4.78, 5) is 27.7. The van der Waals surface area contributed by atoms with Crippen LogP contribution >= 0.6 is 0 Å². The Bertz CT molecular complexity index is 1100. The minimum absolute atomic E-state index is 0.113. The average Bonchev–Trinajstić information content (AvgIpc) is 3.21. The van der Waals surface area contributed by atoms with Crippen LogP contribution in [0.25, 0.3) is 10.8 Å². The zero-order valence-corrected chi connectivity index (χ0v) is 16.2. The first kappa shape index (κ1) is 18.2. The van der Waals surface area contributed by atoms with Gasteiger partial charge in [-0.25, -0.2) is 4.68 Å². The fraction of sp³-hybridized carbons (Fsp3) is 0.318. The normalized spacial score (nSPS) is 13.9. The van der Waals surface area contributed by atoms with Crippen LogP contribution < -0.4 is 15.8 Å². The number of aryl methyl sites for hydroxylation is 2. The van der Waals surface area contributed by atoms with Gasteiger partial charge in [-0.1, -0.05) is 35.9 Å². The first-order valence-corrected chi connectivity index (χ1v) is 9.65. The molecule has 6 nitrogen and oxygen atoms in total. The number of fused-ring (bicyclic) bond motifs is 1. The number of carbonyl (C=O) groups is 1. The number of carbonyl (C=O) groups excluding carboxylic acids is 1. The number of anilines is 2. The van der Waals surface area contributed by atoms with Crippen molar-refractivity contribution in [1.82, 2.24) is 9.78 Å². The molecule has 1 aliphatic heterocycles. The number of benzene rings is 2. The highest BCUT2D eigenvalue weighted by atomic mass is 16.2. The maximum absolute atomic E-state index is 12.9. The topological polar surface area (TPSA) is 67.2 Å². The number of hydrogen-bond acceptors (Lipinski definition) is 4. The van der Waals surface area contributed by atoms with E-state index in [0.717, 1.165) is 53.9 Å². The Balaban J connectivity index is 1.67. The van der Waals surface area contributed by atoms with Crippen molar-refractivity contribution in [2.24, 2.45) is 0 Å². The molecule has 1 amide bonds. The van der Waals surface area contributed by atoms with Crippen molar-refractivity contribution in [3.63, 3.8) is 0 Å². The van der Waals surface area contributed by atoms with Gasteiger partial charge in [0.05, 0.1) is 5.39 Å². The Morgan fingerprint density at radius 1 is 1.07 bits per heavy atom. The molecule has 4 rings (SSSR count). The summed E-state index contributed by atoms with van der Waals surface area (Å²) in [5.41, 5.74) is 2.64. The van der Waals surface area contributed by atoms with E-state index in [4.69, 9.17) is 0 Å². The van der Waals surface area contributed by atoms with Crippen LogP contribution in [0.4, 0.5) is 11.5 Å². The van der Waals surface area contributed by atoms with E-state index in [-0.39, 0.29) is 18.0 Å². The lowest BCUT2D eigenvalue weighted by Crippen LogP contribution is -2.32. The van der Waals surface area contributed by atoms with Crippen LogP contribution in [0.2, 0.25) is 0 Å². The quantitative estimate of drug-likeness (QED) is 0.759. The summed E-state index contributed by atoms with van der Waals surface area (Å²) < 4.78 is 1.29. The summed E-state index contributed by atoms with van der Waals surface area (Å²) in [6.07, 6.45) is 2.23. The van der Waals surface area contributed by atoms with Crippen LogP contribution in [-0.2, 0) is 11.3 Å². The molecule has 2 aromatic carbocycles. The molecule has 0 saturated carbocycles. The molecule has 144 valence electrons. The first-order chi connectivity index (χ1) is 13.5. The fourth-order valence-electron chi connectivity index (χ4n) is 3.77. The van der Waals surface area contributed by atoms with Crippen LogP contribution in [-0.4, -0.2) is 28.8 Å². The van der Waals surface area contributed by atoms with Crippen LogP contribution in [0.3, 0.4) is 0 Å². The third-order valence-corrected chi connectivity index (χ3v) is 5.20. The zero-order chi connectivity index (χ0) is 19.7. The molecule has 1 aromatic heterocycles.